The van der Waals surface area contributed by atoms with E-state index in [1.165, 1.54) is 11.3 Å². The first-order chi connectivity index (χ1) is 9.72. The highest BCUT2D eigenvalue weighted by atomic mass is 32.1. The third-order valence-corrected chi connectivity index (χ3v) is 3.83. The van der Waals surface area contributed by atoms with Gasteiger partial charge in [0.05, 0.1) is 5.69 Å². The third kappa shape index (κ3) is 3.58. The monoisotopic (exact) mass is 291 g/mol. The molecule has 0 aliphatic rings. The van der Waals surface area contributed by atoms with E-state index < -0.39 is 0 Å². The fraction of sp³-hybridized carbons (Fsp3) is 0.385. The second-order valence-corrected chi connectivity index (χ2v) is 5.26. The van der Waals surface area contributed by atoms with Crippen molar-refractivity contribution in [3.63, 3.8) is 0 Å². The van der Waals surface area contributed by atoms with Crippen LogP contribution in [0.4, 0.5) is 0 Å². The van der Waals surface area contributed by atoms with Crippen molar-refractivity contribution in [3.05, 3.63) is 29.0 Å². The van der Waals surface area contributed by atoms with Crippen LogP contribution in [0.25, 0.3) is 10.8 Å². The first kappa shape index (κ1) is 14.5. The molecule has 0 aromatic carbocycles. The Kier molecular flexibility index (Phi) is 5.14. The van der Waals surface area contributed by atoms with Crippen molar-refractivity contribution in [3.8, 4) is 10.8 Å². The number of aryl methyl sites for hydroxylation is 1. The van der Waals surface area contributed by atoms with E-state index in [1.807, 2.05) is 6.92 Å². The van der Waals surface area contributed by atoms with E-state index in [-0.39, 0.29) is 5.91 Å². The Labute approximate surface area is 121 Å². The van der Waals surface area contributed by atoms with Gasteiger partial charge in [-0.3, -0.25) is 4.79 Å². The van der Waals surface area contributed by atoms with Gasteiger partial charge < -0.3 is 11.1 Å². The molecule has 0 radical (unpaired) electrons. The number of carbonyl (C=O) groups excluding carboxylic acids is 1. The molecule has 6 nitrogen and oxygen atoms in total. The minimum atomic E-state index is -0.0980. The fourth-order valence-corrected chi connectivity index (χ4v) is 2.59. The van der Waals surface area contributed by atoms with Crippen LogP contribution in [0.1, 0.15) is 28.2 Å². The molecule has 2 aromatic rings. The number of nitrogens with two attached hydrogens (primary N) is 1. The molecule has 0 bridgehead atoms. The Hall–Kier alpha value is -1.86. The number of amides is 1. The van der Waals surface area contributed by atoms with Crippen LogP contribution >= 0.6 is 11.3 Å². The molecule has 0 aliphatic heterocycles. The summed E-state index contributed by atoms with van der Waals surface area (Å²) in [5.74, 6) is 0.446. The van der Waals surface area contributed by atoms with E-state index in [9.17, 15) is 4.79 Å². The van der Waals surface area contributed by atoms with Crippen LogP contribution in [0, 0.1) is 6.92 Å². The molecule has 20 heavy (non-hydrogen) atoms. The Morgan fingerprint density at radius 3 is 2.80 bits per heavy atom. The van der Waals surface area contributed by atoms with Gasteiger partial charge in [-0.25, -0.2) is 15.0 Å². The van der Waals surface area contributed by atoms with Gasteiger partial charge in [0.25, 0.3) is 5.91 Å². The Morgan fingerprint density at radius 2 is 2.10 bits per heavy atom. The zero-order valence-corrected chi connectivity index (χ0v) is 12.1. The normalized spacial score (nSPS) is 10.5. The molecule has 0 saturated heterocycles. The van der Waals surface area contributed by atoms with E-state index in [0.717, 1.165) is 12.8 Å². The maximum absolute atomic E-state index is 12.1. The molecule has 7 heteroatoms. The molecule has 0 saturated carbocycles. The van der Waals surface area contributed by atoms with Gasteiger partial charge in [0.2, 0.25) is 0 Å². The molecule has 106 valence electrons. The van der Waals surface area contributed by atoms with E-state index in [4.69, 9.17) is 5.73 Å². The molecule has 3 N–H and O–H groups in total. The van der Waals surface area contributed by atoms with Gasteiger partial charge in [-0.15, -0.1) is 11.3 Å². The molecule has 0 spiro atoms. The highest BCUT2D eigenvalue weighted by Crippen LogP contribution is 2.24. The van der Waals surface area contributed by atoms with E-state index in [2.05, 4.69) is 20.3 Å². The highest BCUT2D eigenvalue weighted by Gasteiger charge is 2.16. The van der Waals surface area contributed by atoms with E-state index in [1.54, 1.807) is 18.5 Å². The number of carbonyl (C=O) groups is 1. The van der Waals surface area contributed by atoms with Gasteiger partial charge >= 0.3 is 0 Å². The van der Waals surface area contributed by atoms with E-state index in [0.29, 0.717) is 34.5 Å². The second kappa shape index (κ2) is 7.06. The van der Waals surface area contributed by atoms with Crippen LogP contribution in [-0.2, 0) is 0 Å². The van der Waals surface area contributed by atoms with E-state index >= 15 is 0 Å². The molecule has 1 amide bonds. The molecule has 0 atom stereocenters. The molecular weight excluding hydrogens is 274 g/mol. The van der Waals surface area contributed by atoms with Crippen molar-refractivity contribution in [2.24, 2.45) is 5.73 Å². The molecule has 2 aromatic heterocycles. The number of thiazole rings is 1. The number of aromatic nitrogens is 3. The maximum atomic E-state index is 12.1. The summed E-state index contributed by atoms with van der Waals surface area (Å²) in [7, 11) is 0. The lowest BCUT2D eigenvalue weighted by Gasteiger charge is -2.02. The quantitative estimate of drug-likeness (QED) is 0.784. The number of hydrogen-bond donors (Lipinski definition) is 2. The molecule has 0 unspecified atom stereocenters. The van der Waals surface area contributed by atoms with Gasteiger partial charge in [0, 0.05) is 18.9 Å². The highest BCUT2D eigenvalue weighted by molar-refractivity contribution is 7.17. The minimum absolute atomic E-state index is 0.0980. The number of rotatable bonds is 6. The zero-order chi connectivity index (χ0) is 14.4. The molecular formula is C13H17N5OS. The Balaban J connectivity index is 2.06. The zero-order valence-electron chi connectivity index (χ0n) is 11.3. The van der Waals surface area contributed by atoms with Crippen molar-refractivity contribution >= 4 is 17.2 Å². The third-order valence-electron chi connectivity index (χ3n) is 2.68. The van der Waals surface area contributed by atoms with Crippen molar-refractivity contribution in [1.82, 2.24) is 20.3 Å². The van der Waals surface area contributed by atoms with Gasteiger partial charge in [-0.05, 0) is 32.4 Å². The molecule has 0 fully saturated rings. The van der Waals surface area contributed by atoms with Gasteiger partial charge in [0.1, 0.15) is 4.88 Å². The number of hydrogen-bond acceptors (Lipinski definition) is 6. The summed E-state index contributed by atoms with van der Waals surface area (Å²) in [4.78, 5) is 25.3. The smallest absolute Gasteiger partial charge is 0.263 e. The first-order valence-electron chi connectivity index (χ1n) is 6.45. The summed E-state index contributed by atoms with van der Waals surface area (Å²) >= 11 is 1.31. The van der Waals surface area contributed by atoms with Crippen LogP contribution in [-0.4, -0.2) is 33.9 Å². The van der Waals surface area contributed by atoms with Crippen molar-refractivity contribution in [1.29, 1.82) is 0 Å². The summed E-state index contributed by atoms with van der Waals surface area (Å²) < 4.78 is 0. The average molecular weight is 291 g/mol. The van der Waals surface area contributed by atoms with Crippen molar-refractivity contribution < 1.29 is 4.79 Å². The summed E-state index contributed by atoms with van der Waals surface area (Å²) in [6, 6.07) is 1.75. The topological polar surface area (TPSA) is 93.8 Å². The molecule has 0 aliphatic carbocycles. The second-order valence-electron chi connectivity index (χ2n) is 4.26. The predicted molar refractivity (Wildman–Crippen MR) is 78.5 cm³/mol. The maximum Gasteiger partial charge on any atom is 0.263 e. The van der Waals surface area contributed by atoms with Crippen LogP contribution in [0.3, 0.4) is 0 Å². The summed E-state index contributed by atoms with van der Waals surface area (Å²) in [5, 5.41) is 3.54. The summed E-state index contributed by atoms with van der Waals surface area (Å²) in [6.45, 7) is 3.09. The fourth-order valence-electron chi connectivity index (χ4n) is 1.66. The SMILES string of the molecule is Cc1nc(-c2ncccn2)sc1C(=O)NCCCCN. The number of unbranched alkanes of at least 4 members (excludes halogenated alkanes) is 1. The predicted octanol–water partition coefficient (Wildman–Crippen LogP) is 1.38. The van der Waals surface area contributed by atoms with Crippen LogP contribution in [0.15, 0.2) is 18.5 Å². The van der Waals surface area contributed by atoms with Gasteiger partial charge in [-0.1, -0.05) is 0 Å². The standard InChI is InChI=1S/C13H17N5OS/c1-9-10(12(19)17-6-3-2-5-14)20-13(18-9)11-15-7-4-8-16-11/h4,7-8H,2-3,5-6,14H2,1H3,(H,17,19). The van der Waals surface area contributed by atoms with Crippen LogP contribution < -0.4 is 11.1 Å². The molecule has 2 rings (SSSR count). The Bertz CT molecular complexity index is 569. The van der Waals surface area contributed by atoms with Gasteiger partial charge in [0.15, 0.2) is 10.8 Å². The number of nitrogens with one attached hydrogen (secondary N) is 1. The lowest BCUT2D eigenvalue weighted by molar-refractivity contribution is 0.0956. The minimum Gasteiger partial charge on any atom is -0.351 e. The summed E-state index contributed by atoms with van der Waals surface area (Å²) in [6.07, 6.45) is 5.11. The largest absolute Gasteiger partial charge is 0.351 e. The van der Waals surface area contributed by atoms with Crippen LogP contribution in [0.2, 0.25) is 0 Å². The van der Waals surface area contributed by atoms with Crippen LogP contribution in [0.5, 0.6) is 0 Å². The van der Waals surface area contributed by atoms with Crippen molar-refractivity contribution in [2.45, 2.75) is 19.8 Å². The first-order valence-corrected chi connectivity index (χ1v) is 7.27. The average Bonchev–Trinajstić information content (AvgIpc) is 2.86. The Morgan fingerprint density at radius 1 is 1.35 bits per heavy atom. The summed E-state index contributed by atoms with van der Waals surface area (Å²) in [5.41, 5.74) is 6.12. The van der Waals surface area contributed by atoms with Gasteiger partial charge in [-0.2, -0.15) is 0 Å². The number of nitrogens with zero attached hydrogens (tertiary/aromatic N) is 3. The lowest BCUT2D eigenvalue weighted by atomic mass is 10.3. The lowest BCUT2D eigenvalue weighted by Crippen LogP contribution is -2.24. The molecule has 2 heterocycles. The van der Waals surface area contributed by atoms with Crippen molar-refractivity contribution in [2.75, 3.05) is 13.1 Å².